The van der Waals surface area contributed by atoms with Crippen molar-refractivity contribution >= 4 is 21.6 Å². The quantitative estimate of drug-likeness (QED) is 0.491. The molecule has 33 heavy (non-hydrogen) atoms. The molecule has 0 aliphatic rings. The van der Waals surface area contributed by atoms with Crippen LogP contribution in [0.5, 0.6) is 5.75 Å². The molecule has 2 N–H and O–H groups in total. The Morgan fingerprint density at radius 2 is 1.58 bits per heavy atom. The summed E-state index contributed by atoms with van der Waals surface area (Å²) >= 11 is 0. The number of amides is 1. The van der Waals surface area contributed by atoms with Crippen LogP contribution in [0.4, 0.5) is 5.69 Å². The molecule has 0 aliphatic carbocycles. The standard InChI is InChI=1S/C26H30N2O4S/c1-17-7-6-8-22(13-17)28-33(30,31)24-11-9-23(10-12-24)32-16-26(29)27-21(5)25-15-19(3)18(2)14-20(25)4/h6-15,21,28H,16H2,1-5H3,(H,27,29)/t21-/m1/s1. The van der Waals surface area contributed by atoms with Gasteiger partial charge in [-0.15, -0.1) is 0 Å². The van der Waals surface area contributed by atoms with Crippen LogP contribution < -0.4 is 14.8 Å². The maximum Gasteiger partial charge on any atom is 0.261 e. The highest BCUT2D eigenvalue weighted by Gasteiger charge is 2.16. The molecule has 1 amide bonds. The van der Waals surface area contributed by atoms with Crippen molar-refractivity contribution < 1.29 is 17.9 Å². The summed E-state index contributed by atoms with van der Waals surface area (Å²) in [5.41, 5.74) is 6.06. The number of benzene rings is 3. The van der Waals surface area contributed by atoms with Gasteiger partial charge in [0.25, 0.3) is 15.9 Å². The van der Waals surface area contributed by atoms with Gasteiger partial charge in [-0.1, -0.05) is 24.3 Å². The van der Waals surface area contributed by atoms with E-state index in [1.165, 1.54) is 35.4 Å². The molecule has 0 fully saturated rings. The molecule has 7 heteroatoms. The predicted molar refractivity (Wildman–Crippen MR) is 131 cm³/mol. The van der Waals surface area contributed by atoms with Crippen LogP contribution in [0.2, 0.25) is 0 Å². The van der Waals surface area contributed by atoms with E-state index in [9.17, 15) is 13.2 Å². The molecule has 0 radical (unpaired) electrons. The highest BCUT2D eigenvalue weighted by molar-refractivity contribution is 7.92. The lowest BCUT2D eigenvalue weighted by Crippen LogP contribution is -2.31. The molecule has 0 heterocycles. The Hall–Kier alpha value is -3.32. The Labute approximate surface area is 196 Å². The Morgan fingerprint density at radius 1 is 0.909 bits per heavy atom. The number of nitrogens with one attached hydrogen (secondary N) is 2. The second-order valence-corrected chi connectivity index (χ2v) is 10.00. The summed E-state index contributed by atoms with van der Waals surface area (Å²) in [4.78, 5) is 12.5. The summed E-state index contributed by atoms with van der Waals surface area (Å²) in [6.45, 7) is 9.82. The van der Waals surface area contributed by atoms with Gasteiger partial charge in [0.05, 0.1) is 10.9 Å². The number of rotatable bonds is 8. The summed E-state index contributed by atoms with van der Waals surface area (Å²) in [5, 5.41) is 2.95. The molecule has 3 aromatic carbocycles. The largest absolute Gasteiger partial charge is 0.484 e. The van der Waals surface area contributed by atoms with Gasteiger partial charge in [0, 0.05) is 5.69 Å². The van der Waals surface area contributed by atoms with Crippen molar-refractivity contribution in [2.75, 3.05) is 11.3 Å². The van der Waals surface area contributed by atoms with Crippen molar-refractivity contribution in [3.63, 3.8) is 0 Å². The normalized spacial score (nSPS) is 12.2. The van der Waals surface area contributed by atoms with Crippen molar-refractivity contribution in [3.8, 4) is 5.75 Å². The van der Waals surface area contributed by atoms with Crippen LogP contribution in [0, 0.1) is 27.7 Å². The maximum atomic E-state index is 12.6. The molecule has 0 saturated heterocycles. The van der Waals surface area contributed by atoms with E-state index >= 15 is 0 Å². The van der Waals surface area contributed by atoms with Crippen molar-refractivity contribution in [1.82, 2.24) is 5.32 Å². The van der Waals surface area contributed by atoms with Gasteiger partial charge in [-0.25, -0.2) is 8.42 Å². The third-order valence-corrected chi connectivity index (χ3v) is 6.90. The minimum absolute atomic E-state index is 0.111. The molecule has 0 aliphatic heterocycles. The number of carbonyl (C=O) groups excluding carboxylic acids is 1. The van der Waals surface area contributed by atoms with E-state index in [0.29, 0.717) is 11.4 Å². The van der Waals surface area contributed by atoms with Gasteiger partial charge >= 0.3 is 0 Å². The van der Waals surface area contributed by atoms with Crippen LogP contribution in [-0.2, 0) is 14.8 Å². The van der Waals surface area contributed by atoms with Gasteiger partial charge in [-0.3, -0.25) is 9.52 Å². The maximum absolute atomic E-state index is 12.6. The Bertz CT molecular complexity index is 1250. The van der Waals surface area contributed by atoms with Gasteiger partial charge in [-0.2, -0.15) is 0 Å². The fourth-order valence-electron chi connectivity index (χ4n) is 3.60. The second-order valence-electron chi connectivity index (χ2n) is 8.32. The number of hydrogen-bond donors (Lipinski definition) is 2. The van der Waals surface area contributed by atoms with E-state index in [2.05, 4.69) is 36.0 Å². The highest BCUT2D eigenvalue weighted by atomic mass is 32.2. The topological polar surface area (TPSA) is 84.5 Å². The molecular formula is C26H30N2O4S. The van der Waals surface area contributed by atoms with Crippen LogP contribution in [0.15, 0.2) is 65.6 Å². The molecule has 0 aromatic heterocycles. The van der Waals surface area contributed by atoms with Crippen molar-refractivity contribution in [2.24, 2.45) is 0 Å². The first kappa shape index (κ1) is 24.3. The van der Waals surface area contributed by atoms with Crippen LogP contribution in [-0.4, -0.2) is 20.9 Å². The molecule has 0 bridgehead atoms. The van der Waals surface area contributed by atoms with Gasteiger partial charge in [0.15, 0.2) is 6.61 Å². The van der Waals surface area contributed by atoms with E-state index in [-0.39, 0.29) is 23.5 Å². The van der Waals surface area contributed by atoms with E-state index in [1.807, 2.05) is 26.8 Å². The number of anilines is 1. The molecular weight excluding hydrogens is 436 g/mol. The lowest BCUT2D eigenvalue weighted by Gasteiger charge is -2.18. The van der Waals surface area contributed by atoms with Gasteiger partial charge in [-0.05, 0) is 98.8 Å². The van der Waals surface area contributed by atoms with Crippen molar-refractivity contribution in [2.45, 2.75) is 45.6 Å². The molecule has 0 saturated carbocycles. The van der Waals surface area contributed by atoms with E-state index in [4.69, 9.17) is 4.74 Å². The Kier molecular flexibility index (Phi) is 7.43. The summed E-state index contributed by atoms with van der Waals surface area (Å²) in [7, 11) is -3.72. The molecule has 174 valence electrons. The number of ether oxygens (including phenoxy) is 1. The number of carbonyl (C=O) groups is 1. The van der Waals surface area contributed by atoms with Gasteiger partial charge in [0.1, 0.15) is 5.75 Å². The smallest absolute Gasteiger partial charge is 0.261 e. The molecule has 3 aromatic rings. The predicted octanol–water partition coefficient (Wildman–Crippen LogP) is 4.98. The van der Waals surface area contributed by atoms with E-state index in [1.54, 1.807) is 18.2 Å². The summed E-state index contributed by atoms with van der Waals surface area (Å²) in [6.07, 6.45) is 0. The first-order chi connectivity index (χ1) is 15.5. The zero-order valence-electron chi connectivity index (χ0n) is 19.6. The van der Waals surface area contributed by atoms with Crippen LogP contribution >= 0.6 is 0 Å². The monoisotopic (exact) mass is 466 g/mol. The number of hydrogen-bond acceptors (Lipinski definition) is 4. The number of sulfonamides is 1. The zero-order chi connectivity index (χ0) is 24.2. The summed E-state index contributed by atoms with van der Waals surface area (Å²) < 4.78 is 33.3. The van der Waals surface area contributed by atoms with E-state index < -0.39 is 10.0 Å². The number of aryl methyl sites for hydroxylation is 4. The average Bonchev–Trinajstić information content (AvgIpc) is 2.74. The van der Waals surface area contributed by atoms with Gasteiger partial charge < -0.3 is 10.1 Å². The second kappa shape index (κ2) is 10.1. The lowest BCUT2D eigenvalue weighted by molar-refractivity contribution is -0.123. The molecule has 0 spiro atoms. The molecule has 0 unspecified atom stereocenters. The van der Waals surface area contributed by atoms with Crippen molar-refractivity contribution in [3.05, 3.63) is 88.5 Å². The highest BCUT2D eigenvalue weighted by Crippen LogP contribution is 2.22. The summed E-state index contributed by atoms with van der Waals surface area (Å²) in [6, 6.07) is 17.2. The van der Waals surface area contributed by atoms with Crippen LogP contribution in [0.1, 0.15) is 40.8 Å². The lowest BCUT2D eigenvalue weighted by atomic mass is 9.96. The minimum Gasteiger partial charge on any atom is -0.484 e. The van der Waals surface area contributed by atoms with Gasteiger partial charge in [0.2, 0.25) is 0 Å². The molecule has 1 atom stereocenters. The third-order valence-electron chi connectivity index (χ3n) is 5.50. The third kappa shape index (κ3) is 6.35. The Morgan fingerprint density at radius 3 is 2.24 bits per heavy atom. The van der Waals surface area contributed by atoms with Crippen LogP contribution in [0.3, 0.4) is 0 Å². The minimum atomic E-state index is -3.72. The SMILES string of the molecule is Cc1cccc(NS(=O)(=O)c2ccc(OCC(=O)N[C@H](C)c3cc(C)c(C)cc3C)cc2)c1. The fraction of sp³-hybridized carbons (Fsp3) is 0.269. The molecule has 3 rings (SSSR count). The Balaban J connectivity index is 1.58. The first-order valence-corrected chi connectivity index (χ1v) is 12.2. The van der Waals surface area contributed by atoms with Crippen molar-refractivity contribution in [1.29, 1.82) is 0 Å². The average molecular weight is 467 g/mol. The zero-order valence-corrected chi connectivity index (χ0v) is 20.4. The fourth-order valence-corrected chi connectivity index (χ4v) is 4.65. The first-order valence-electron chi connectivity index (χ1n) is 10.7. The van der Waals surface area contributed by atoms with E-state index in [0.717, 1.165) is 16.7 Å². The summed E-state index contributed by atoms with van der Waals surface area (Å²) in [5.74, 6) is 0.160. The van der Waals surface area contributed by atoms with Crippen LogP contribution in [0.25, 0.3) is 0 Å². The molecule has 6 nitrogen and oxygen atoms in total.